The smallest absolute Gasteiger partial charge is 0.0132 e. The molecule has 0 spiro atoms. The van der Waals surface area contributed by atoms with Gasteiger partial charge in [-0.25, -0.2) is 0 Å². The van der Waals surface area contributed by atoms with Crippen molar-refractivity contribution in [3.05, 3.63) is 48.6 Å². The molecule has 0 fully saturated rings. The van der Waals surface area contributed by atoms with Gasteiger partial charge < -0.3 is 5.32 Å². The van der Waals surface area contributed by atoms with E-state index in [0.29, 0.717) is 11.8 Å². The maximum Gasteiger partial charge on any atom is 0.0132 e. The Balaban J connectivity index is 2.62. The number of benzene rings is 1. The largest absolute Gasteiger partial charge is 0.313 e. The molecular formula is C14H21N. The summed E-state index contributed by atoms with van der Waals surface area (Å²) in [5, 5.41) is 3.40. The third-order valence-electron chi connectivity index (χ3n) is 2.69. The Hall–Kier alpha value is -1.08. The highest BCUT2D eigenvalue weighted by Gasteiger charge is 2.14. The van der Waals surface area contributed by atoms with Crippen LogP contribution in [0, 0.1) is 5.92 Å². The van der Waals surface area contributed by atoms with Gasteiger partial charge >= 0.3 is 0 Å². The zero-order valence-electron chi connectivity index (χ0n) is 9.74. The summed E-state index contributed by atoms with van der Waals surface area (Å²) in [6, 6.07) is 10.7. The summed E-state index contributed by atoms with van der Waals surface area (Å²) in [5.74, 6) is 1.25. The first kappa shape index (κ1) is 12.0. The molecule has 0 radical (unpaired) electrons. The van der Waals surface area contributed by atoms with Crippen molar-refractivity contribution in [1.82, 2.24) is 5.32 Å². The predicted octanol–water partition coefficient (Wildman–Crippen LogP) is 3.20. The van der Waals surface area contributed by atoms with Crippen LogP contribution in [0.4, 0.5) is 0 Å². The van der Waals surface area contributed by atoms with Gasteiger partial charge in [-0.05, 0) is 17.4 Å². The lowest BCUT2D eigenvalue weighted by molar-refractivity contribution is 0.471. The average molecular weight is 203 g/mol. The van der Waals surface area contributed by atoms with E-state index < -0.39 is 0 Å². The highest BCUT2D eigenvalue weighted by molar-refractivity contribution is 5.20. The molecule has 0 bridgehead atoms. The van der Waals surface area contributed by atoms with Crippen LogP contribution < -0.4 is 5.32 Å². The molecule has 1 aromatic carbocycles. The molecule has 1 atom stereocenters. The van der Waals surface area contributed by atoms with E-state index in [1.165, 1.54) is 5.56 Å². The van der Waals surface area contributed by atoms with Gasteiger partial charge in [0.15, 0.2) is 0 Å². The number of nitrogens with one attached hydrogen (secondary N) is 1. The summed E-state index contributed by atoms with van der Waals surface area (Å²) < 4.78 is 0. The number of hydrogen-bond acceptors (Lipinski definition) is 1. The summed E-state index contributed by atoms with van der Waals surface area (Å²) in [6.07, 6.45) is 1.91. The Kier molecular flexibility index (Phi) is 5.13. The van der Waals surface area contributed by atoms with Crippen molar-refractivity contribution in [2.75, 3.05) is 13.1 Å². The van der Waals surface area contributed by atoms with Crippen LogP contribution >= 0.6 is 0 Å². The minimum atomic E-state index is 0.589. The molecule has 0 unspecified atom stereocenters. The fourth-order valence-electron chi connectivity index (χ4n) is 1.78. The molecule has 82 valence electrons. The quantitative estimate of drug-likeness (QED) is 0.553. The Morgan fingerprint density at radius 2 is 1.93 bits per heavy atom. The van der Waals surface area contributed by atoms with Crippen molar-refractivity contribution >= 4 is 0 Å². The maximum atomic E-state index is 3.71. The van der Waals surface area contributed by atoms with Crippen molar-refractivity contribution in [1.29, 1.82) is 0 Å². The molecule has 0 saturated carbocycles. The van der Waals surface area contributed by atoms with E-state index in [9.17, 15) is 0 Å². The molecular weight excluding hydrogens is 182 g/mol. The van der Waals surface area contributed by atoms with Gasteiger partial charge in [0.2, 0.25) is 0 Å². The van der Waals surface area contributed by atoms with E-state index in [2.05, 4.69) is 56.1 Å². The highest BCUT2D eigenvalue weighted by atomic mass is 14.8. The van der Waals surface area contributed by atoms with Crippen molar-refractivity contribution < 1.29 is 0 Å². The second kappa shape index (κ2) is 6.41. The lowest BCUT2D eigenvalue weighted by Crippen LogP contribution is -2.24. The van der Waals surface area contributed by atoms with Crippen LogP contribution in [0.25, 0.3) is 0 Å². The summed E-state index contributed by atoms with van der Waals surface area (Å²) in [5.41, 5.74) is 1.42. The second-order valence-electron chi connectivity index (χ2n) is 4.21. The van der Waals surface area contributed by atoms with Crippen molar-refractivity contribution in [2.45, 2.75) is 19.8 Å². The molecule has 0 aliphatic carbocycles. The van der Waals surface area contributed by atoms with Gasteiger partial charge in [-0.2, -0.15) is 0 Å². The maximum absolute atomic E-state index is 3.71. The van der Waals surface area contributed by atoms with E-state index in [1.54, 1.807) is 0 Å². The Bertz CT molecular complexity index is 277. The molecule has 1 nitrogen and oxygen atoms in total. The van der Waals surface area contributed by atoms with Crippen LogP contribution in [0.2, 0.25) is 0 Å². The SMILES string of the molecule is C=CCNC[C@@H](c1ccccc1)C(C)C. The molecule has 1 N–H and O–H groups in total. The molecule has 0 amide bonds. The van der Waals surface area contributed by atoms with Gasteiger partial charge in [0, 0.05) is 13.1 Å². The molecule has 0 aliphatic heterocycles. The zero-order chi connectivity index (χ0) is 11.1. The topological polar surface area (TPSA) is 12.0 Å². The first-order chi connectivity index (χ1) is 7.25. The number of rotatable bonds is 6. The van der Waals surface area contributed by atoms with E-state index in [4.69, 9.17) is 0 Å². The Morgan fingerprint density at radius 1 is 1.27 bits per heavy atom. The summed E-state index contributed by atoms with van der Waals surface area (Å²) in [4.78, 5) is 0. The minimum absolute atomic E-state index is 0.589. The first-order valence-electron chi connectivity index (χ1n) is 5.62. The third-order valence-corrected chi connectivity index (χ3v) is 2.69. The fourth-order valence-corrected chi connectivity index (χ4v) is 1.78. The van der Waals surface area contributed by atoms with E-state index in [1.807, 2.05) is 6.08 Å². The lowest BCUT2D eigenvalue weighted by atomic mass is 9.88. The van der Waals surface area contributed by atoms with E-state index >= 15 is 0 Å². The van der Waals surface area contributed by atoms with Crippen LogP contribution in [-0.4, -0.2) is 13.1 Å². The molecule has 15 heavy (non-hydrogen) atoms. The Labute approximate surface area is 93.2 Å². The molecule has 0 heterocycles. The lowest BCUT2D eigenvalue weighted by Gasteiger charge is -2.21. The van der Waals surface area contributed by atoms with Gasteiger partial charge in [0.25, 0.3) is 0 Å². The van der Waals surface area contributed by atoms with Crippen LogP contribution in [0.1, 0.15) is 25.3 Å². The van der Waals surface area contributed by atoms with E-state index in [-0.39, 0.29) is 0 Å². The Morgan fingerprint density at radius 3 is 2.47 bits per heavy atom. The van der Waals surface area contributed by atoms with Crippen LogP contribution in [0.5, 0.6) is 0 Å². The molecule has 1 rings (SSSR count). The summed E-state index contributed by atoms with van der Waals surface area (Å²) >= 11 is 0. The second-order valence-corrected chi connectivity index (χ2v) is 4.21. The van der Waals surface area contributed by atoms with Gasteiger partial charge in [-0.15, -0.1) is 6.58 Å². The van der Waals surface area contributed by atoms with Crippen LogP contribution in [0.3, 0.4) is 0 Å². The van der Waals surface area contributed by atoms with Crippen molar-refractivity contribution in [3.63, 3.8) is 0 Å². The molecule has 0 aromatic heterocycles. The number of hydrogen-bond donors (Lipinski definition) is 1. The average Bonchev–Trinajstić information content (AvgIpc) is 2.25. The van der Waals surface area contributed by atoms with Gasteiger partial charge in [-0.1, -0.05) is 50.3 Å². The van der Waals surface area contributed by atoms with Crippen LogP contribution in [-0.2, 0) is 0 Å². The van der Waals surface area contributed by atoms with Crippen molar-refractivity contribution in [2.24, 2.45) is 5.92 Å². The highest BCUT2D eigenvalue weighted by Crippen LogP contribution is 2.23. The normalized spacial score (nSPS) is 12.7. The molecule has 1 heteroatoms. The van der Waals surface area contributed by atoms with Gasteiger partial charge in [-0.3, -0.25) is 0 Å². The first-order valence-corrected chi connectivity index (χ1v) is 5.62. The fraction of sp³-hybridized carbons (Fsp3) is 0.429. The van der Waals surface area contributed by atoms with Crippen LogP contribution in [0.15, 0.2) is 43.0 Å². The van der Waals surface area contributed by atoms with E-state index in [0.717, 1.165) is 13.1 Å². The molecule has 0 aliphatic rings. The summed E-state index contributed by atoms with van der Waals surface area (Å²) in [6.45, 7) is 10.2. The standard InChI is InChI=1S/C14H21N/c1-4-10-15-11-14(12(2)3)13-8-6-5-7-9-13/h4-9,12,14-15H,1,10-11H2,2-3H3/t14-/m1/s1. The third kappa shape index (κ3) is 3.88. The van der Waals surface area contributed by atoms with Gasteiger partial charge in [0.1, 0.15) is 0 Å². The minimum Gasteiger partial charge on any atom is -0.313 e. The molecule has 0 saturated heterocycles. The monoisotopic (exact) mass is 203 g/mol. The van der Waals surface area contributed by atoms with Gasteiger partial charge in [0.05, 0.1) is 0 Å². The summed E-state index contributed by atoms with van der Waals surface area (Å²) in [7, 11) is 0. The molecule has 1 aromatic rings. The zero-order valence-corrected chi connectivity index (χ0v) is 9.74. The van der Waals surface area contributed by atoms with Crippen molar-refractivity contribution in [3.8, 4) is 0 Å². The predicted molar refractivity (Wildman–Crippen MR) is 67.1 cm³/mol.